The van der Waals surface area contributed by atoms with Crippen LogP contribution in [0, 0.1) is 0 Å². The Kier molecular flexibility index (Phi) is 5.72. The lowest BCUT2D eigenvalue weighted by molar-refractivity contribution is 0.255. The van der Waals surface area contributed by atoms with Crippen molar-refractivity contribution < 1.29 is 4.74 Å². The van der Waals surface area contributed by atoms with Crippen molar-refractivity contribution in [2.24, 2.45) is 10.7 Å². The molecule has 1 aliphatic rings. The summed E-state index contributed by atoms with van der Waals surface area (Å²) in [6.45, 7) is 2.96. The Morgan fingerprint density at radius 3 is 2.67 bits per heavy atom. The molecule has 6 heteroatoms. The van der Waals surface area contributed by atoms with Gasteiger partial charge in [0.15, 0.2) is 5.96 Å². The van der Waals surface area contributed by atoms with Crippen LogP contribution >= 0.6 is 11.3 Å². The number of likely N-dealkylation sites (tertiary alicyclic amines) is 1. The number of aliphatic imine (C=N–C) groups is 1. The summed E-state index contributed by atoms with van der Waals surface area (Å²) in [4.78, 5) is 8.45. The highest BCUT2D eigenvalue weighted by Crippen LogP contribution is 2.28. The van der Waals surface area contributed by atoms with E-state index in [1.807, 2.05) is 24.3 Å². The number of thiophene rings is 1. The molecule has 128 valence electrons. The first-order chi connectivity index (χ1) is 11.8. The number of methoxy groups -OCH3 is 1. The summed E-state index contributed by atoms with van der Waals surface area (Å²) in [5.74, 6) is 1.27. The van der Waals surface area contributed by atoms with Crippen LogP contribution < -0.4 is 15.8 Å². The average molecular weight is 344 g/mol. The van der Waals surface area contributed by atoms with E-state index in [0.29, 0.717) is 18.5 Å². The molecule has 2 aromatic rings. The van der Waals surface area contributed by atoms with E-state index in [4.69, 9.17) is 10.5 Å². The maximum absolute atomic E-state index is 6.07. The van der Waals surface area contributed by atoms with Crippen molar-refractivity contribution in [3.8, 4) is 5.75 Å². The largest absolute Gasteiger partial charge is 0.497 e. The molecule has 1 unspecified atom stereocenters. The zero-order chi connectivity index (χ0) is 16.8. The molecule has 0 bridgehead atoms. The van der Waals surface area contributed by atoms with Gasteiger partial charge in [0.1, 0.15) is 5.75 Å². The van der Waals surface area contributed by atoms with E-state index >= 15 is 0 Å². The molecule has 1 aromatic carbocycles. The third-order valence-electron chi connectivity index (χ3n) is 4.25. The maximum atomic E-state index is 6.07. The molecular weight excluding hydrogens is 320 g/mol. The van der Waals surface area contributed by atoms with Gasteiger partial charge in [-0.05, 0) is 61.6 Å². The number of nitrogens with one attached hydrogen (secondary N) is 1. The van der Waals surface area contributed by atoms with Gasteiger partial charge in [-0.1, -0.05) is 6.07 Å². The van der Waals surface area contributed by atoms with Gasteiger partial charge in [0.05, 0.1) is 19.7 Å². The molecule has 1 aliphatic heterocycles. The number of guanidine groups is 1. The van der Waals surface area contributed by atoms with Crippen LogP contribution in [0.5, 0.6) is 5.75 Å². The first kappa shape index (κ1) is 16.8. The lowest BCUT2D eigenvalue weighted by atomic mass is 10.2. The molecule has 1 aromatic heterocycles. The van der Waals surface area contributed by atoms with E-state index in [2.05, 4.69) is 32.7 Å². The van der Waals surface area contributed by atoms with Crippen molar-refractivity contribution >= 4 is 23.0 Å². The van der Waals surface area contributed by atoms with E-state index in [0.717, 1.165) is 24.5 Å². The molecule has 0 spiro atoms. The Morgan fingerprint density at radius 1 is 1.29 bits per heavy atom. The highest BCUT2D eigenvalue weighted by Gasteiger charge is 2.23. The van der Waals surface area contributed by atoms with Crippen LogP contribution in [-0.2, 0) is 0 Å². The minimum absolute atomic E-state index is 0.323. The summed E-state index contributed by atoms with van der Waals surface area (Å²) in [6.07, 6.45) is 2.54. The summed E-state index contributed by atoms with van der Waals surface area (Å²) in [6, 6.07) is 12.3. The minimum Gasteiger partial charge on any atom is -0.497 e. The average Bonchev–Trinajstić information content (AvgIpc) is 3.30. The smallest absolute Gasteiger partial charge is 0.193 e. The third-order valence-corrected chi connectivity index (χ3v) is 5.22. The molecule has 0 aliphatic carbocycles. The van der Waals surface area contributed by atoms with E-state index in [1.54, 1.807) is 18.4 Å². The number of rotatable bonds is 6. The predicted molar refractivity (Wildman–Crippen MR) is 101 cm³/mol. The lowest BCUT2D eigenvalue weighted by Crippen LogP contribution is -2.29. The summed E-state index contributed by atoms with van der Waals surface area (Å²) >= 11 is 1.79. The number of anilines is 1. The molecule has 3 N–H and O–H groups in total. The second-order valence-electron chi connectivity index (χ2n) is 5.85. The Hall–Kier alpha value is -2.05. The van der Waals surface area contributed by atoms with Gasteiger partial charge < -0.3 is 15.8 Å². The molecule has 1 saturated heterocycles. The van der Waals surface area contributed by atoms with Crippen molar-refractivity contribution in [1.29, 1.82) is 0 Å². The summed E-state index contributed by atoms with van der Waals surface area (Å²) in [5, 5.41) is 5.27. The second kappa shape index (κ2) is 8.17. The standard InChI is InChI=1S/C18H24N4OS/c1-23-15-8-6-14(7-9-15)21-18(19)20-13-16(17-5-4-12-24-17)22-10-2-3-11-22/h4-9,12,16H,2-3,10-11,13H2,1H3,(H3,19,20,21). The van der Waals surface area contributed by atoms with E-state index in [9.17, 15) is 0 Å². The molecule has 24 heavy (non-hydrogen) atoms. The van der Waals surface area contributed by atoms with Gasteiger partial charge in [0, 0.05) is 10.6 Å². The molecule has 2 heterocycles. The van der Waals surface area contributed by atoms with E-state index in [-0.39, 0.29) is 0 Å². The maximum Gasteiger partial charge on any atom is 0.193 e. The van der Waals surface area contributed by atoms with Gasteiger partial charge in [0.25, 0.3) is 0 Å². The fourth-order valence-electron chi connectivity index (χ4n) is 2.97. The first-order valence-electron chi connectivity index (χ1n) is 8.24. The highest BCUT2D eigenvalue weighted by atomic mass is 32.1. The molecule has 1 fully saturated rings. The van der Waals surface area contributed by atoms with Crippen LogP contribution in [0.3, 0.4) is 0 Å². The number of hydrogen-bond donors (Lipinski definition) is 2. The van der Waals surface area contributed by atoms with Gasteiger partial charge in [-0.2, -0.15) is 0 Å². The Bertz CT molecular complexity index is 648. The van der Waals surface area contributed by atoms with Crippen molar-refractivity contribution in [2.45, 2.75) is 18.9 Å². The molecule has 0 radical (unpaired) electrons. The van der Waals surface area contributed by atoms with Gasteiger partial charge in [0.2, 0.25) is 0 Å². The van der Waals surface area contributed by atoms with Crippen molar-refractivity contribution in [3.05, 3.63) is 46.7 Å². The topological polar surface area (TPSA) is 62.9 Å². The Labute approximate surface area is 147 Å². The van der Waals surface area contributed by atoms with Crippen molar-refractivity contribution in [3.63, 3.8) is 0 Å². The summed E-state index contributed by atoms with van der Waals surface area (Å²) in [7, 11) is 1.65. The van der Waals surface area contributed by atoms with Crippen LogP contribution in [0.4, 0.5) is 5.69 Å². The zero-order valence-corrected chi connectivity index (χ0v) is 14.8. The van der Waals surface area contributed by atoms with Crippen LogP contribution in [0.15, 0.2) is 46.8 Å². The predicted octanol–water partition coefficient (Wildman–Crippen LogP) is 3.32. The monoisotopic (exact) mass is 344 g/mol. The number of hydrogen-bond acceptors (Lipinski definition) is 4. The summed E-state index contributed by atoms with van der Waals surface area (Å²) < 4.78 is 5.16. The summed E-state index contributed by atoms with van der Waals surface area (Å²) in [5.41, 5.74) is 6.98. The van der Waals surface area contributed by atoms with Crippen LogP contribution in [0.25, 0.3) is 0 Å². The third kappa shape index (κ3) is 4.27. The fraction of sp³-hybridized carbons (Fsp3) is 0.389. The van der Waals surface area contributed by atoms with Gasteiger partial charge in [-0.25, -0.2) is 0 Å². The SMILES string of the molecule is COc1ccc(NC(N)=NCC(c2cccs2)N2CCCC2)cc1. The zero-order valence-electron chi connectivity index (χ0n) is 13.9. The van der Waals surface area contributed by atoms with E-state index < -0.39 is 0 Å². The fourth-order valence-corrected chi connectivity index (χ4v) is 3.82. The first-order valence-corrected chi connectivity index (χ1v) is 9.12. The Balaban J connectivity index is 1.64. The molecule has 5 nitrogen and oxygen atoms in total. The van der Waals surface area contributed by atoms with Crippen LogP contribution in [0.1, 0.15) is 23.8 Å². The van der Waals surface area contributed by atoms with Crippen molar-refractivity contribution in [1.82, 2.24) is 4.90 Å². The lowest BCUT2D eigenvalue weighted by Gasteiger charge is -2.25. The van der Waals surface area contributed by atoms with E-state index in [1.165, 1.54) is 17.7 Å². The molecule has 0 saturated carbocycles. The van der Waals surface area contributed by atoms with Crippen LogP contribution in [-0.4, -0.2) is 37.6 Å². The Morgan fingerprint density at radius 2 is 2.04 bits per heavy atom. The molecular formula is C18H24N4OS. The molecule has 1 atom stereocenters. The number of nitrogens with two attached hydrogens (primary N) is 1. The number of ether oxygens (including phenoxy) is 1. The number of benzene rings is 1. The van der Waals surface area contributed by atoms with Crippen molar-refractivity contribution in [2.75, 3.05) is 32.1 Å². The number of nitrogens with zero attached hydrogens (tertiary/aromatic N) is 2. The van der Waals surface area contributed by atoms with Gasteiger partial charge in [-0.15, -0.1) is 11.3 Å². The minimum atomic E-state index is 0.323. The molecule has 3 rings (SSSR count). The quantitative estimate of drug-likeness (QED) is 0.623. The normalized spacial score (nSPS) is 17.0. The second-order valence-corrected chi connectivity index (χ2v) is 6.83. The molecule has 0 amide bonds. The van der Waals surface area contributed by atoms with Gasteiger partial charge in [-0.3, -0.25) is 9.89 Å². The van der Waals surface area contributed by atoms with Crippen LogP contribution in [0.2, 0.25) is 0 Å². The van der Waals surface area contributed by atoms with Gasteiger partial charge >= 0.3 is 0 Å². The highest BCUT2D eigenvalue weighted by molar-refractivity contribution is 7.10.